The van der Waals surface area contributed by atoms with Crippen LogP contribution >= 0.6 is 0 Å². The van der Waals surface area contributed by atoms with Gasteiger partial charge in [-0.15, -0.1) is 6.42 Å². The Morgan fingerprint density at radius 1 is 1.43 bits per heavy atom. The molecule has 0 aromatic heterocycles. The van der Waals surface area contributed by atoms with Crippen LogP contribution in [0.2, 0.25) is 0 Å². The number of nitrogens with one attached hydrogen (secondary N) is 2. The molecule has 0 amide bonds. The van der Waals surface area contributed by atoms with Gasteiger partial charge in [-0.3, -0.25) is 9.89 Å². The highest BCUT2D eigenvalue weighted by Crippen LogP contribution is 2.20. The zero-order chi connectivity index (χ0) is 15.1. The van der Waals surface area contributed by atoms with Crippen molar-refractivity contribution in [1.29, 1.82) is 0 Å². The van der Waals surface area contributed by atoms with Crippen molar-refractivity contribution >= 4 is 5.96 Å². The van der Waals surface area contributed by atoms with Crippen LogP contribution in [0.5, 0.6) is 0 Å². The predicted octanol–water partition coefficient (Wildman–Crippen LogP) is 1.45. The first-order valence-corrected chi connectivity index (χ1v) is 7.41. The lowest BCUT2D eigenvalue weighted by Gasteiger charge is -2.21. The van der Waals surface area contributed by atoms with Crippen LogP contribution in [0.4, 0.5) is 0 Å². The van der Waals surface area contributed by atoms with Gasteiger partial charge in [0.1, 0.15) is 0 Å². The molecule has 0 radical (unpaired) electrons. The molecule has 1 aliphatic rings. The second-order valence-corrected chi connectivity index (χ2v) is 5.47. The van der Waals surface area contributed by atoms with Crippen molar-refractivity contribution < 1.29 is 0 Å². The second-order valence-electron chi connectivity index (χ2n) is 5.47. The van der Waals surface area contributed by atoms with E-state index in [1.54, 1.807) is 7.05 Å². The molecule has 1 heterocycles. The smallest absolute Gasteiger partial charge is 0.192 e. The Balaban J connectivity index is 1.87. The third-order valence-electron chi connectivity index (χ3n) is 3.85. The van der Waals surface area contributed by atoms with Crippen LogP contribution in [0.25, 0.3) is 0 Å². The van der Waals surface area contributed by atoms with Gasteiger partial charge in [0.25, 0.3) is 0 Å². The molecule has 4 heteroatoms. The summed E-state index contributed by atoms with van der Waals surface area (Å²) in [5, 5.41) is 6.56. The Morgan fingerprint density at radius 3 is 2.86 bits per heavy atom. The van der Waals surface area contributed by atoms with Crippen molar-refractivity contribution in [2.45, 2.75) is 32.0 Å². The summed E-state index contributed by atoms with van der Waals surface area (Å²) in [6, 6.07) is 11.6. The molecule has 1 aliphatic heterocycles. The third kappa shape index (κ3) is 4.51. The van der Waals surface area contributed by atoms with E-state index in [1.807, 2.05) is 0 Å². The van der Waals surface area contributed by atoms with Crippen molar-refractivity contribution in [2.75, 3.05) is 20.1 Å². The van der Waals surface area contributed by atoms with E-state index in [0.717, 1.165) is 25.5 Å². The molecule has 2 rings (SSSR count). The van der Waals surface area contributed by atoms with Crippen LogP contribution in [0.3, 0.4) is 0 Å². The van der Waals surface area contributed by atoms with Crippen LogP contribution in [-0.4, -0.2) is 43.1 Å². The topological polar surface area (TPSA) is 39.7 Å². The number of aliphatic imine (C=N–C) groups is 1. The summed E-state index contributed by atoms with van der Waals surface area (Å²) in [5.41, 5.74) is 1.36. The van der Waals surface area contributed by atoms with Gasteiger partial charge < -0.3 is 10.6 Å². The summed E-state index contributed by atoms with van der Waals surface area (Å²) in [6.07, 6.45) is 6.38. The number of terminal acetylenes is 1. The number of benzene rings is 1. The minimum absolute atomic E-state index is 0.410. The van der Waals surface area contributed by atoms with E-state index in [-0.39, 0.29) is 0 Å². The lowest BCUT2D eigenvalue weighted by molar-refractivity contribution is 0.258. The highest BCUT2D eigenvalue weighted by atomic mass is 15.3. The molecule has 0 saturated carbocycles. The van der Waals surface area contributed by atoms with Gasteiger partial charge in [0.05, 0.1) is 6.54 Å². The Labute approximate surface area is 127 Å². The summed E-state index contributed by atoms with van der Waals surface area (Å²) in [5.74, 6) is 3.35. The number of hydrogen-bond acceptors (Lipinski definition) is 2. The SMILES string of the molecule is C#CCNC(=NC)NC1CC(C)N(Cc2ccccc2)C1. The summed E-state index contributed by atoms with van der Waals surface area (Å²) in [6.45, 7) is 4.79. The molecule has 21 heavy (non-hydrogen) atoms. The first-order valence-electron chi connectivity index (χ1n) is 7.41. The molecule has 0 bridgehead atoms. The number of hydrogen-bond donors (Lipinski definition) is 2. The van der Waals surface area contributed by atoms with E-state index < -0.39 is 0 Å². The summed E-state index contributed by atoms with van der Waals surface area (Å²) < 4.78 is 0. The number of guanidine groups is 1. The zero-order valence-electron chi connectivity index (χ0n) is 12.8. The predicted molar refractivity (Wildman–Crippen MR) is 88.0 cm³/mol. The van der Waals surface area contributed by atoms with E-state index >= 15 is 0 Å². The highest BCUT2D eigenvalue weighted by molar-refractivity contribution is 5.80. The molecule has 0 spiro atoms. The van der Waals surface area contributed by atoms with Gasteiger partial charge in [0.2, 0.25) is 0 Å². The van der Waals surface area contributed by atoms with Crippen molar-refractivity contribution in [3.05, 3.63) is 35.9 Å². The highest BCUT2D eigenvalue weighted by Gasteiger charge is 2.29. The van der Waals surface area contributed by atoms with Gasteiger partial charge in [0.15, 0.2) is 5.96 Å². The average Bonchev–Trinajstić information content (AvgIpc) is 2.84. The average molecular weight is 284 g/mol. The molecule has 2 N–H and O–H groups in total. The molecule has 0 aliphatic carbocycles. The minimum atomic E-state index is 0.410. The molecule has 4 nitrogen and oxygen atoms in total. The van der Waals surface area contributed by atoms with Gasteiger partial charge in [-0.1, -0.05) is 36.3 Å². The number of likely N-dealkylation sites (tertiary alicyclic amines) is 1. The number of nitrogens with zero attached hydrogens (tertiary/aromatic N) is 2. The second kappa shape index (κ2) is 7.70. The Kier molecular flexibility index (Phi) is 5.65. The molecule has 1 aromatic rings. The molecule has 1 aromatic carbocycles. The normalized spacial score (nSPS) is 22.8. The van der Waals surface area contributed by atoms with Crippen LogP contribution in [0, 0.1) is 12.3 Å². The molecule has 1 fully saturated rings. The summed E-state index contributed by atoms with van der Waals surface area (Å²) in [4.78, 5) is 6.70. The fraction of sp³-hybridized carbons (Fsp3) is 0.471. The first kappa shape index (κ1) is 15.4. The van der Waals surface area contributed by atoms with Crippen molar-refractivity contribution in [3.63, 3.8) is 0 Å². The number of rotatable bonds is 4. The van der Waals surface area contributed by atoms with Gasteiger partial charge in [-0.05, 0) is 18.9 Å². The van der Waals surface area contributed by atoms with E-state index in [9.17, 15) is 0 Å². The lowest BCUT2D eigenvalue weighted by atomic mass is 10.2. The third-order valence-corrected chi connectivity index (χ3v) is 3.85. The Morgan fingerprint density at radius 2 is 2.19 bits per heavy atom. The van der Waals surface area contributed by atoms with Crippen LogP contribution in [-0.2, 0) is 6.54 Å². The summed E-state index contributed by atoms with van der Waals surface area (Å²) in [7, 11) is 1.77. The van der Waals surface area contributed by atoms with Crippen LogP contribution in [0.1, 0.15) is 18.9 Å². The molecule has 112 valence electrons. The quantitative estimate of drug-likeness (QED) is 0.499. The summed E-state index contributed by atoms with van der Waals surface area (Å²) >= 11 is 0. The standard InChI is InChI=1S/C17H24N4/c1-4-10-19-17(18-3)20-16-11-14(2)21(13-16)12-15-8-6-5-7-9-15/h1,5-9,14,16H,10-13H2,2-3H3,(H2,18,19,20). The van der Waals surface area contributed by atoms with Gasteiger partial charge in [-0.25, -0.2) is 0 Å². The van der Waals surface area contributed by atoms with E-state index in [2.05, 4.69) is 63.7 Å². The zero-order valence-corrected chi connectivity index (χ0v) is 12.8. The van der Waals surface area contributed by atoms with Gasteiger partial charge >= 0.3 is 0 Å². The molecule has 2 atom stereocenters. The maximum atomic E-state index is 5.27. The van der Waals surface area contributed by atoms with Crippen LogP contribution < -0.4 is 10.6 Å². The van der Waals surface area contributed by atoms with Crippen LogP contribution in [0.15, 0.2) is 35.3 Å². The van der Waals surface area contributed by atoms with Gasteiger partial charge in [0, 0.05) is 32.2 Å². The monoisotopic (exact) mass is 284 g/mol. The van der Waals surface area contributed by atoms with E-state index in [4.69, 9.17) is 6.42 Å². The van der Waals surface area contributed by atoms with E-state index in [0.29, 0.717) is 18.6 Å². The minimum Gasteiger partial charge on any atom is -0.352 e. The van der Waals surface area contributed by atoms with Crippen molar-refractivity contribution in [3.8, 4) is 12.3 Å². The maximum absolute atomic E-state index is 5.27. The fourth-order valence-corrected chi connectivity index (χ4v) is 2.76. The fourth-order valence-electron chi connectivity index (χ4n) is 2.76. The molecular weight excluding hydrogens is 260 g/mol. The maximum Gasteiger partial charge on any atom is 0.192 e. The first-order chi connectivity index (χ1) is 10.2. The Hall–Kier alpha value is -1.99. The van der Waals surface area contributed by atoms with Crippen molar-refractivity contribution in [1.82, 2.24) is 15.5 Å². The Bertz CT molecular complexity index is 503. The van der Waals surface area contributed by atoms with E-state index in [1.165, 1.54) is 5.56 Å². The lowest BCUT2D eigenvalue weighted by Crippen LogP contribution is -2.44. The molecular formula is C17H24N4. The molecule has 2 unspecified atom stereocenters. The van der Waals surface area contributed by atoms with Crippen molar-refractivity contribution in [2.24, 2.45) is 4.99 Å². The molecule has 1 saturated heterocycles. The largest absolute Gasteiger partial charge is 0.352 e. The van der Waals surface area contributed by atoms with Gasteiger partial charge in [-0.2, -0.15) is 0 Å².